The van der Waals surface area contributed by atoms with Gasteiger partial charge >= 0.3 is 24.0 Å². The molecular weight excluding hydrogens is 625 g/mol. The number of carbonyl (C=O) groups excluding carboxylic acids is 1. The molecule has 0 bridgehead atoms. The first kappa shape index (κ1) is 32.1. The van der Waals surface area contributed by atoms with E-state index in [1.165, 1.54) is 18.3 Å². The smallest absolute Gasteiger partial charge is 0.435 e. The SMILES string of the molecule is O=C(O)[C@H]1CC[C@](O)(C(=O)N2CCC3(S(=O)(=O)c4ccccn4)c4ccc(C(F)(C(F)(F)F)C(F)(F)F)cc4CCC23)CC1. The summed E-state index contributed by atoms with van der Waals surface area (Å²) in [4.78, 5) is 30.3. The first-order valence-corrected chi connectivity index (χ1v) is 15.2. The predicted molar refractivity (Wildman–Crippen MR) is 137 cm³/mol. The number of carboxylic acids is 1. The van der Waals surface area contributed by atoms with Crippen molar-refractivity contribution in [2.24, 2.45) is 5.92 Å². The van der Waals surface area contributed by atoms with Crippen molar-refractivity contribution < 1.29 is 59.0 Å². The lowest BCUT2D eigenvalue weighted by Gasteiger charge is -2.44. The number of pyridine rings is 1. The van der Waals surface area contributed by atoms with E-state index in [2.05, 4.69) is 4.98 Å². The molecule has 1 aliphatic heterocycles. The van der Waals surface area contributed by atoms with Gasteiger partial charge in [-0.15, -0.1) is 0 Å². The number of benzene rings is 1. The Labute approximate surface area is 246 Å². The highest BCUT2D eigenvalue weighted by molar-refractivity contribution is 7.92. The van der Waals surface area contributed by atoms with Crippen molar-refractivity contribution in [3.63, 3.8) is 0 Å². The van der Waals surface area contributed by atoms with Gasteiger partial charge in [0.05, 0.1) is 12.0 Å². The van der Waals surface area contributed by atoms with Gasteiger partial charge in [0.1, 0.15) is 10.3 Å². The fraction of sp³-hybridized carbons (Fsp3) is 0.536. The third kappa shape index (κ3) is 4.58. The quantitative estimate of drug-likeness (QED) is 0.453. The molecule has 8 nitrogen and oxygen atoms in total. The van der Waals surface area contributed by atoms with Crippen LogP contribution >= 0.6 is 0 Å². The first-order chi connectivity index (χ1) is 20.3. The Kier molecular flexibility index (Phi) is 7.59. The molecule has 16 heteroatoms. The van der Waals surface area contributed by atoms with Crippen LogP contribution in [0.1, 0.15) is 55.2 Å². The van der Waals surface area contributed by atoms with Crippen LogP contribution in [0, 0.1) is 5.92 Å². The minimum absolute atomic E-state index is 0.0114. The van der Waals surface area contributed by atoms with E-state index in [0.717, 1.165) is 17.0 Å². The molecule has 1 saturated heterocycles. The molecule has 1 amide bonds. The number of sulfone groups is 1. The van der Waals surface area contributed by atoms with Gasteiger partial charge in [0.25, 0.3) is 5.91 Å². The van der Waals surface area contributed by atoms with Gasteiger partial charge in [-0.05, 0) is 68.2 Å². The van der Waals surface area contributed by atoms with Gasteiger partial charge in [0.15, 0.2) is 5.03 Å². The summed E-state index contributed by atoms with van der Waals surface area (Å²) in [7, 11) is -4.62. The molecule has 1 saturated carbocycles. The Morgan fingerprint density at radius 2 is 1.57 bits per heavy atom. The Morgan fingerprint density at radius 3 is 2.11 bits per heavy atom. The fourth-order valence-corrected chi connectivity index (χ4v) is 9.27. The molecule has 2 atom stereocenters. The van der Waals surface area contributed by atoms with Crippen molar-refractivity contribution in [3.8, 4) is 0 Å². The van der Waals surface area contributed by atoms with E-state index >= 15 is 0 Å². The van der Waals surface area contributed by atoms with Gasteiger partial charge in [-0.2, -0.15) is 26.3 Å². The Morgan fingerprint density at radius 1 is 0.932 bits per heavy atom. The first-order valence-electron chi connectivity index (χ1n) is 13.7. The number of alkyl halides is 7. The molecule has 1 aromatic carbocycles. The van der Waals surface area contributed by atoms with Crippen LogP contribution < -0.4 is 0 Å². The van der Waals surface area contributed by atoms with Crippen LogP contribution in [0.25, 0.3) is 0 Å². The fourth-order valence-electron chi connectivity index (χ4n) is 6.99. The van der Waals surface area contributed by atoms with E-state index in [1.54, 1.807) is 0 Å². The number of hydrogen-bond donors (Lipinski definition) is 2. The lowest BCUT2D eigenvalue weighted by atomic mass is 9.75. The molecule has 2 aromatic rings. The average Bonchev–Trinajstić information content (AvgIpc) is 3.37. The maximum Gasteiger partial charge on any atom is 0.435 e. The minimum atomic E-state index is -6.37. The number of rotatable bonds is 5. The lowest BCUT2D eigenvalue weighted by Crippen LogP contribution is -2.57. The molecule has 2 N–H and O–H groups in total. The molecule has 0 spiro atoms. The molecule has 5 rings (SSSR count). The Hall–Kier alpha value is -3.27. The highest BCUT2D eigenvalue weighted by Crippen LogP contribution is 2.57. The van der Waals surface area contributed by atoms with E-state index in [1.807, 2.05) is 0 Å². The summed E-state index contributed by atoms with van der Waals surface area (Å²) in [5.41, 5.74) is -9.94. The van der Waals surface area contributed by atoms with Gasteiger partial charge in [-0.1, -0.05) is 24.3 Å². The van der Waals surface area contributed by atoms with Crippen molar-refractivity contribution in [1.82, 2.24) is 9.88 Å². The predicted octanol–water partition coefficient (Wildman–Crippen LogP) is 4.59. The number of aliphatic carboxylic acids is 1. The number of halogens is 7. The van der Waals surface area contributed by atoms with Crippen LogP contribution in [0.4, 0.5) is 30.7 Å². The zero-order valence-electron chi connectivity index (χ0n) is 22.8. The summed E-state index contributed by atoms with van der Waals surface area (Å²) in [5.74, 6) is -2.71. The third-order valence-electron chi connectivity index (χ3n) is 9.28. The normalized spacial score (nSPS) is 27.9. The zero-order valence-corrected chi connectivity index (χ0v) is 23.6. The third-order valence-corrected chi connectivity index (χ3v) is 11.7. The number of amides is 1. The average molecular weight is 653 g/mol. The molecular formula is C28H27F7N2O6S. The standard InChI is InChI=1S/C28H27F7N2O6S/c29-26(27(30,31)32,28(33,34)35)18-5-6-19-17(15-18)4-7-20-25(19,44(42,43)21-3-1-2-13-36-21)12-14-37(20)23(40)24(41)10-8-16(9-11-24)22(38)39/h1-3,5-6,13,15-16,20,41H,4,7-12,14H2,(H,38,39)/t16-,20?,24+,25?. The number of nitrogens with zero attached hydrogens (tertiary/aromatic N) is 2. The van der Waals surface area contributed by atoms with Crippen molar-refractivity contribution in [1.29, 1.82) is 0 Å². The molecule has 3 aliphatic rings. The number of hydrogen-bond acceptors (Lipinski definition) is 6. The molecule has 2 heterocycles. The molecule has 2 fully saturated rings. The van der Waals surface area contributed by atoms with Crippen molar-refractivity contribution in [2.45, 2.75) is 84.4 Å². The van der Waals surface area contributed by atoms with Crippen molar-refractivity contribution in [2.75, 3.05) is 6.54 Å². The summed E-state index contributed by atoms with van der Waals surface area (Å²) in [6, 6.07) is 4.12. The molecule has 2 unspecified atom stereocenters. The molecule has 1 aromatic heterocycles. The molecule has 44 heavy (non-hydrogen) atoms. The summed E-state index contributed by atoms with van der Waals surface area (Å²) in [5, 5.41) is 20.1. The number of carbonyl (C=O) groups is 2. The number of carboxylic acid groups (broad SMARTS) is 1. The second-order valence-electron chi connectivity index (χ2n) is 11.5. The summed E-state index contributed by atoms with van der Waals surface area (Å²) in [6.07, 6.45) is -12.9. The van der Waals surface area contributed by atoms with E-state index < -0.39 is 72.6 Å². The number of fused-ring (bicyclic) bond motifs is 3. The number of aryl methyl sites for hydroxylation is 1. The van der Waals surface area contributed by atoms with E-state index in [-0.39, 0.29) is 68.7 Å². The van der Waals surface area contributed by atoms with Gasteiger partial charge in [0.2, 0.25) is 9.84 Å². The number of aromatic nitrogens is 1. The van der Waals surface area contributed by atoms with Crippen LogP contribution in [0.2, 0.25) is 0 Å². The van der Waals surface area contributed by atoms with Crippen LogP contribution in [0.3, 0.4) is 0 Å². The van der Waals surface area contributed by atoms with Crippen molar-refractivity contribution in [3.05, 3.63) is 59.3 Å². The van der Waals surface area contributed by atoms with Crippen molar-refractivity contribution >= 4 is 21.7 Å². The Bertz CT molecular complexity index is 1560. The lowest BCUT2D eigenvalue weighted by molar-refractivity contribution is -0.348. The minimum Gasteiger partial charge on any atom is -0.481 e. The topological polar surface area (TPSA) is 125 Å². The largest absolute Gasteiger partial charge is 0.481 e. The zero-order chi connectivity index (χ0) is 32.5. The Balaban J connectivity index is 1.63. The van der Waals surface area contributed by atoms with Crippen LogP contribution in [0.15, 0.2) is 47.6 Å². The van der Waals surface area contributed by atoms with Gasteiger partial charge < -0.3 is 15.1 Å². The number of likely N-dealkylation sites (tertiary alicyclic amines) is 1. The van der Waals surface area contributed by atoms with E-state index in [4.69, 9.17) is 0 Å². The van der Waals surface area contributed by atoms with Gasteiger partial charge in [0, 0.05) is 18.3 Å². The highest BCUT2D eigenvalue weighted by Gasteiger charge is 2.74. The molecule has 240 valence electrons. The van der Waals surface area contributed by atoms with Crippen LogP contribution in [-0.2, 0) is 36.3 Å². The highest BCUT2D eigenvalue weighted by atomic mass is 32.2. The monoisotopic (exact) mass is 652 g/mol. The van der Waals surface area contributed by atoms with Gasteiger partial charge in [-0.25, -0.2) is 17.8 Å². The molecule has 2 aliphatic carbocycles. The maximum absolute atomic E-state index is 15.0. The van der Waals surface area contributed by atoms with Crippen LogP contribution in [0.5, 0.6) is 0 Å². The van der Waals surface area contributed by atoms with Gasteiger partial charge in [-0.3, -0.25) is 9.59 Å². The van der Waals surface area contributed by atoms with E-state index in [9.17, 15) is 59.0 Å². The summed E-state index contributed by atoms with van der Waals surface area (Å²) < 4.78 is 123. The summed E-state index contributed by atoms with van der Waals surface area (Å²) >= 11 is 0. The second kappa shape index (κ2) is 10.4. The maximum atomic E-state index is 15.0. The second-order valence-corrected chi connectivity index (χ2v) is 13.7. The van der Waals surface area contributed by atoms with Crippen LogP contribution in [-0.4, -0.2) is 70.9 Å². The number of aliphatic hydroxyl groups is 1. The summed E-state index contributed by atoms with van der Waals surface area (Å²) in [6.45, 7) is -0.250. The molecule has 0 radical (unpaired) electrons. The van der Waals surface area contributed by atoms with E-state index in [0.29, 0.717) is 6.07 Å².